The molecule has 0 atom stereocenters. The lowest BCUT2D eigenvalue weighted by Gasteiger charge is -2.12. The van der Waals surface area contributed by atoms with Gasteiger partial charge < -0.3 is 21.6 Å². The molecule has 1 aromatic heterocycles. The zero-order chi connectivity index (χ0) is 8.67. The predicted molar refractivity (Wildman–Crippen MR) is 49.5 cm³/mol. The van der Waals surface area contributed by atoms with E-state index in [4.69, 9.17) is 4.42 Å². The van der Waals surface area contributed by atoms with E-state index in [1.165, 1.54) is 5.56 Å². The lowest BCUT2D eigenvalue weighted by atomic mass is 10.1. The summed E-state index contributed by atoms with van der Waals surface area (Å²) < 4.78 is 9.87. The second kappa shape index (κ2) is 3.39. The number of hydrogen-bond donors (Lipinski definition) is 0. The van der Waals surface area contributed by atoms with E-state index in [9.17, 15) is 0 Å². The number of para-hydroxylation sites is 1. The first kappa shape index (κ1) is 9.16. The number of ether oxygens (including phenoxy) is 1. The van der Waals surface area contributed by atoms with Gasteiger partial charge >= 0.3 is 0 Å². The van der Waals surface area contributed by atoms with Crippen LogP contribution >= 0.6 is 0 Å². The molecule has 3 rings (SSSR count). The van der Waals surface area contributed by atoms with E-state index in [2.05, 4.69) is 4.74 Å². The van der Waals surface area contributed by atoms with Crippen LogP contribution in [0, 0.1) is 0 Å². The molecule has 0 saturated heterocycles. The van der Waals surface area contributed by atoms with E-state index < -0.39 is 0 Å². The molecule has 0 aliphatic carbocycles. The summed E-state index contributed by atoms with van der Waals surface area (Å²) in [4.78, 5) is 0. The minimum atomic E-state index is 0. The molecule has 1 aromatic carbocycles. The predicted octanol–water partition coefficient (Wildman–Crippen LogP) is -0.295. The Morgan fingerprint density at radius 1 is 1.14 bits per heavy atom. The molecule has 0 unspecified atom stereocenters. The van der Waals surface area contributed by atoms with Crippen LogP contribution in [0.2, 0.25) is 0 Å². The molecule has 0 amide bonds. The normalized spacial score (nSPS) is 12.0. The van der Waals surface area contributed by atoms with Gasteiger partial charge in [-0.1, -0.05) is 12.1 Å². The number of benzene rings is 1. The van der Waals surface area contributed by atoms with Gasteiger partial charge in [-0.25, -0.2) is 0 Å². The maximum absolute atomic E-state index is 5.42. The van der Waals surface area contributed by atoms with E-state index in [1.54, 1.807) is 6.26 Å². The number of aromatic hydroxyl groups is 1. The first-order chi connectivity index (χ1) is 6.45. The molecule has 14 heavy (non-hydrogen) atoms. The third-order valence-electron chi connectivity index (χ3n) is 2.32. The van der Waals surface area contributed by atoms with Crippen LogP contribution in [-0.2, 0) is 6.61 Å². The molecule has 1 aliphatic heterocycles. The van der Waals surface area contributed by atoms with Gasteiger partial charge in [0.1, 0.15) is 5.56 Å². The van der Waals surface area contributed by atoms with Gasteiger partial charge in [0, 0.05) is 6.07 Å². The fourth-order valence-corrected chi connectivity index (χ4v) is 1.67. The van der Waals surface area contributed by atoms with Crippen molar-refractivity contribution in [3.8, 4) is 17.1 Å². The van der Waals surface area contributed by atoms with Crippen molar-refractivity contribution in [2.45, 2.75) is 6.61 Å². The summed E-state index contributed by atoms with van der Waals surface area (Å²) in [5.41, 5.74) is 2.28. The summed E-state index contributed by atoms with van der Waals surface area (Å²) in [6, 6.07) is 10.0. The molecule has 0 fully saturated rings. The van der Waals surface area contributed by atoms with E-state index >= 15 is 0 Å². The summed E-state index contributed by atoms with van der Waals surface area (Å²) >= 11 is 0. The molecule has 0 saturated carbocycles. The quantitative estimate of drug-likeness (QED) is 0.547. The van der Waals surface area contributed by atoms with Crippen LogP contribution in [0.5, 0.6) is 5.75 Å². The molecule has 1 N–H and O–H groups in total. The first-order valence-corrected chi connectivity index (χ1v) is 4.28. The second-order valence-corrected chi connectivity index (χ2v) is 3.11. The van der Waals surface area contributed by atoms with Crippen LogP contribution in [0.1, 0.15) is 5.56 Å². The number of furan rings is 1. The van der Waals surface area contributed by atoms with Crippen LogP contribution in [0.4, 0.5) is 0 Å². The van der Waals surface area contributed by atoms with Gasteiger partial charge in [-0.05, 0) is 12.1 Å². The number of hydrogen-bond acceptors (Lipinski definition) is 1. The Labute approximate surface area is 87.9 Å². The smallest absolute Gasteiger partial charge is 0.266 e. The standard InChI is InChI=1S/C11H8O2.ClH/c1-2-4-10-9(3-1)11-8(7-13-10)5-6-12-11;/h1-6H,7H2;1H. The summed E-state index contributed by atoms with van der Waals surface area (Å²) in [6.45, 7) is 0.739. The van der Waals surface area contributed by atoms with Crippen LogP contribution in [0.3, 0.4) is 0 Å². The monoisotopic (exact) mass is 208 g/mol. The van der Waals surface area contributed by atoms with Crippen LogP contribution in [0.25, 0.3) is 11.3 Å². The van der Waals surface area contributed by atoms with Crippen LogP contribution < -0.4 is 12.4 Å². The van der Waals surface area contributed by atoms with Crippen molar-refractivity contribution >= 4 is 0 Å². The van der Waals surface area contributed by atoms with Gasteiger partial charge in [-0.15, -0.1) is 0 Å². The van der Waals surface area contributed by atoms with E-state index in [0.717, 1.165) is 23.7 Å². The number of rotatable bonds is 0. The van der Waals surface area contributed by atoms with E-state index in [0.29, 0.717) is 0 Å². The number of halogens is 1. The van der Waals surface area contributed by atoms with Gasteiger partial charge in [0.2, 0.25) is 6.61 Å². The summed E-state index contributed by atoms with van der Waals surface area (Å²) in [7, 11) is 0. The van der Waals surface area contributed by atoms with Crippen LogP contribution in [0.15, 0.2) is 41.0 Å². The zero-order valence-electron chi connectivity index (χ0n) is 7.40. The lowest BCUT2D eigenvalue weighted by molar-refractivity contribution is -0.00000614. The molecule has 2 nitrogen and oxygen atoms in total. The molecular formula is C11H9ClO2. The first-order valence-electron chi connectivity index (χ1n) is 4.28. The van der Waals surface area contributed by atoms with Gasteiger partial charge in [-0.2, -0.15) is 0 Å². The maximum atomic E-state index is 5.42. The third-order valence-corrected chi connectivity index (χ3v) is 2.32. The van der Waals surface area contributed by atoms with Gasteiger partial charge in [0.25, 0.3) is 5.75 Å². The summed E-state index contributed by atoms with van der Waals surface area (Å²) in [5, 5.41) is 0. The topological polar surface area (TPSA) is 25.9 Å². The number of fused-ring (bicyclic) bond motifs is 3. The Balaban J connectivity index is 0.000000750. The molecule has 2 aromatic rings. The Kier molecular flexibility index (Phi) is 2.22. The van der Waals surface area contributed by atoms with Crippen molar-refractivity contribution in [3.05, 3.63) is 42.2 Å². The highest BCUT2D eigenvalue weighted by molar-refractivity contribution is 5.69. The molecule has 0 bridgehead atoms. The summed E-state index contributed by atoms with van der Waals surface area (Å²) in [6.07, 6.45) is 1.72. The lowest BCUT2D eigenvalue weighted by Crippen LogP contribution is -3.00. The second-order valence-electron chi connectivity index (χ2n) is 3.11. The Morgan fingerprint density at radius 2 is 2.00 bits per heavy atom. The molecule has 0 radical (unpaired) electrons. The molecule has 3 heteroatoms. The minimum Gasteiger partial charge on any atom is -1.00 e. The highest BCUT2D eigenvalue weighted by atomic mass is 35.5. The average molecular weight is 209 g/mol. The molecular weight excluding hydrogens is 200 g/mol. The SMILES string of the molecule is [Cl-].c1ccc2c(c1)[OH+]Cc1ccoc1-2. The van der Waals surface area contributed by atoms with Crippen molar-refractivity contribution in [3.63, 3.8) is 0 Å². The van der Waals surface area contributed by atoms with Crippen molar-refractivity contribution in [2.24, 2.45) is 0 Å². The summed E-state index contributed by atoms with van der Waals surface area (Å²) in [5.74, 6) is 2.01. The maximum Gasteiger partial charge on any atom is 0.266 e. The molecule has 72 valence electrons. The Morgan fingerprint density at radius 3 is 2.93 bits per heavy atom. The van der Waals surface area contributed by atoms with Gasteiger partial charge in [-0.3, -0.25) is 0 Å². The van der Waals surface area contributed by atoms with Crippen molar-refractivity contribution in [2.75, 3.05) is 0 Å². The largest absolute Gasteiger partial charge is 1.00 e. The third kappa shape index (κ3) is 1.19. The highest BCUT2D eigenvalue weighted by Gasteiger charge is 2.22. The Hall–Kier alpha value is -1.41. The van der Waals surface area contributed by atoms with Gasteiger partial charge in [0.05, 0.1) is 11.8 Å². The van der Waals surface area contributed by atoms with Crippen molar-refractivity contribution in [1.82, 2.24) is 0 Å². The van der Waals surface area contributed by atoms with E-state index in [-0.39, 0.29) is 12.4 Å². The van der Waals surface area contributed by atoms with E-state index in [1.807, 2.05) is 30.3 Å². The molecule has 0 spiro atoms. The number of aliphatic hydroxyl groups is 1. The highest BCUT2D eigenvalue weighted by Crippen LogP contribution is 2.38. The van der Waals surface area contributed by atoms with Crippen molar-refractivity contribution < 1.29 is 21.6 Å². The zero-order valence-corrected chi connectivity index (χ0v) is 8.16. The van der Waals surface area contributed by atoms with Crippen LogP contribution in [-0.4, -0.2) is 4.74 Å². The Bertz CT molecular complexity index is 448. The van der Waals surface area contributed by atoms with Gasteiger partial charge in [0.15, 0.2) is 5.76 Å². The fourth-order valence-electron chi connectivity index (χ4n) is 1.67. The molecule has 2 heterocycles. The fraction of sp³-hybridized carbons (Fsp3) is 0.0909. The minimum absolute atomic E-state index is 0. The van der Waals surface area contributed by atoms with Crippen molar-refractivity contribution in [1.29, 1.82) is 0 Å². The molecule has 1 aliphatic rings. The average Bonchev–Trinajstić information content (AvgIpc) is 2.65.